The second-order valence-corrected chi connectivity index (χ2v) is 8.07. The van der Waals surface area contributed by atoms with Crippen molar-refractivity contribution in [2.24, 2.45) is 0 Å². The molecule has 1 saturated carbocycles. The third kappa shape index (κ3) is 6.11. The molecule has 0 heterocycles. The van der Waals surface area contributed by atoms with Gasteiger partial charge in [0, 0.05) is 30.8 Å². The first-order valence-corrected chi connectivity index (χ1v) is 10.4. The van der Waals surface area contributed by atoms with Gasteiger partial charge in [0.1, 0.15) is 0 Å². The predicted octanol–water partition coefficient (Wildman–Crippen LogP) is 3.95. The lowest BCUT2D eigenvalue weighted by molar-refractivity contribution is -0.385. The highest BCUT2D eigenvalue weighted by atomic mass is 16.6. The second-order valence-electron chi connectivity index (χ2n) is 8.07. The molecule has 8 nitrogen and oxygen atoms in total. The van der Waals surface area contributed by atoms with E-state index in [9.17, 15) is 19.7 Å². The number of anilines is 2. The Morgan fingerprint density at radius 2 is 1.77 bits per heavy atom. The van der Waals surface area contributed by atoms with Crippen molar-refractivity contribution in [2.45, 2.75) is 46.1 Å². The van der Waals surface area contributed by atoms with Crippen LogP contribution in [0.25, 0.3) is 0 Å². The average molecular weight is 425 g/mol. The summed E-state index contributed by atoms with van der Waals surface area (Å²) in [6.07, 6.45) is 2.24. The Labute approximate surface area is 181 Å². The number of carbonyl (C=O) groups is 2. The van der Waals surface area contributed by atoms with Crippen LogP contribution in [0.2, 0.25) is 0 Å². The molecule has 31 heavy (non-hydrogen) atoms. The van der Waals surface area contributed by atoms with Crippen LogP contribution >= 0.6 is 0 Å². The first-order valence-electron chi connectivity index (χ1n) is 10.4. The molecular weight excluding hydrogens is 396 g/mol. The van der Waals surface area contributed by atoms with E-state index in [1.165, 1.54) is 6.07 Å². The van der Waals surface area contributed by atoms with Gasteiger partial charge in [-0.3, -0.25) is 24.6 Å². The normalized spacial score (nSPS) is 13.2. The molecule has 1 fully saturated rings. The van der Waals surface area contributed by atoms with Crippen LogP contribution in [0, 0.1) is 30.9 Å². The highest BCUT2D eigenvalue weighted by Crippen LogP contribution is 2.28. The maximum Gasteiger partial charge on any atom is 0.274 e. The number of nitro groups is 1. The van der Waals surface area contributed by atoms with Gasteiger partial charge in [-0.15, -0.1) is 0 Å². The van der Waals surface area contributed by atoms with E-state index in [1.807, 2.05) is 36.9 Å². The van der Waals surface area contributed by atoms with E-state index in [0.717, 1.165) is 29.7 Å². The lowest BCUT2D eigenvalue weighted by Gasteiger charge is -2.21. The minimum atomic E-state index is -0.464. The Kier molecular flexibility index (Phi) is 7.02. The zero-order valence-corrected chi connectivity index (χ0v) is 18.1. The zero-order chi connectivity index (χ0) is 22.5. The van der Waals surface area contributed by atoms with Gasteiger partial charge in [0.05, 0.1) is 22.7 Å². The number of hydrogen-bond acceptors (Lipinski definition) is 5. The maximum atomic E-state index is 12.6. The maximum absolute atomic E-state index is 12.6. The molecule has 2 amide bonds. The number of nitro benzene ring substituents is 1. The Morgan fingerprint density at radius 1 is 1.06 bits per heavy atom. The SMILES string of the molecule is Cc1ccc(C)c(NC(=O)CN(CCC(=O)Nc2cccc([N+](=O)[O-])c2C)C2CC2)c1. The van der Waals surface area contributed by atoms with Gasteiger partial charge in [-0.05, 0) is 56.9 Å². The fourth-order valence-corrected chi connectivity index (χ4v) is 3.49. The Morgan fingerprint density at radius 3 is 2.45 bits per heavy atom. The first-order chi connectivity index (χ1) is 14.7. The summed E-state index contributed by atoms with van der Waals surface area (Å²) in [7, 11) is 0. The number of nitrogens with one attached hydrogen (secondary N) is 2. The van der Waals surface area contributed by atoms with Crippen molar-refractivity contribution in [1.29, 1.82) is 0 Å². The molecule has 0 aliphatic heterocycles. The monoisotopic (exact) mass is 424 g/mol. The van der Waals surface area contributed by atoms with E-state index in [2.05, 4.69) is 10.6 Å². The highest BCUT2D eigenvalue weighted by Gasteiger charge is 2.30. The number of carbonyl (C=O) groups excluding carboxylic acids is 2. The van der Waals surface area contributed by atoms with Gasteiger partial charge < -0.3 is 10.6 Å². The number of rotatable bonds is 9. The van der Waals surface area contributed by atoms with E-state index < -0.39 is 4.92 Å². The molecule has 2 aromatic carbocycles. The van der Waals surface area contributed by atoms with Gasteiger partial charge in [-0.25, -0.2) is 0 Å². The smallest absolute Gasteiger partial charge is 0.274 e. The molecule has 0 aromatic heterocycles. The van der Waals surface area contributed by atoms with Crippen molar-refractivity contribution >= 4 is 28.9 Å². The van der Waals surface area contributed by atoms with Gasteiger partial charge in [-0.2, -0.15) is 0 Å². The number of aryl methyl sites for hydroxylation is 2. The van der Waals surface area contributed by atoms with Gasteiger partial charge >= 0.3 is 0 Å². The van der Waals surface area contributed by atoms with Gasteiger partial charge in [-0.1, -0.05) is 18.2 Å². The van der Waals surface area contributed by atoms with Gasteiger partial charge in [0.25, 0.3) is 5.69 Å². The molecule has 0 saturated heterocycles. The van der Waals surface area contributed by atoms with Crippen LogP contribution in [0.1, 0.15) is 36.0 Å². The third-order valence-corrected chi connectivity index (χ3v) is 5.48. The zero-order valence-electron chi connectivity index (χ0n) is 18.1. The van der Waals surface area contributed by atoms with Crippen molar-refractivity contribution in [2.75, 3.05) is 23.7 Å². The molecule has 0 unspecified atom stereocenters. The van der Waals surface area contributed by atoms with Crippen LogP contribution in [-0.4, -0.2) is 40.8 Å². The number of hydrogen-bond donors (Lipinski definition) is 2. The van der Waals surface area contributed by atoms with Crippen LogP contribution in [0.15, 0.2) is 36.4 Å². The molecular formula is C23H28N4O4. The number of benzene rings is 2. The minimum Gasteiger partial charge on any atom is -0.326 e. The van der Waals surface area contributed by atoms with Crippen LogP contribution in [-0.2, 0) is 9.59 Å². The summed E-state index contributed by atoms with van der Waals surface area (Å²) in [5, 5.41) is 16.8. The molecule has 0 bridgehead atoms. The standard InChI is InChI=1S/C23H28N4O4/c1-15-7-8-16(2)20(13-15)25-23(29)14-26(18-9-10-18)12-11-22(28)24-19-5-4-6-21(17(19)3)27(30)31/h4-8,13,18H,9-12,14H2,1-3H3,(H,24,28)(H,25,29). The fourth-order valence-electron chi connectivity index (χ4n) is 3.49. The van der Waals surface area contributed by atoms with E-state index in [4.69, 9.17) is 0 Å². The molecule has 3 rings (SSSR count). The minimum absolute atomic E-state index is 0.0273. The largest absolute Gasteiger partial charge is 0.326 e. The third-order valence-electron chi connectivity index (χ3n) is 5.48. The second kappa shape index (κ2) is 9.70. The van der Waals surface area contributed by atoms with Crippen molar-refractivity contribution < 1.29 is 14.5 Å². The van der Waals surface area contributed by atoms with E-state index in [1.54, 1.807) is 19.1 Å². The predicted molar refractivity (Wildman–Crippen MR) is 120 cm³/mol. The molecule has 8 heteroatoms. The van der Waals surface area contributed by atoms with E-state index in [0.29, 0.717) is 23.8 Å². The molecule has 2 N–H and O–H groups in total. The van der Waals surface area contributed by atoms with Crippen molar-refractivity contribution in [3.63, 3.8) is 0 Å². The molecule has 0 spiro atoms. The summed E-state index contributed by atoms with van der Waals surface area (Å²) in [5.74, 6) is -0.334. The Bertz CT molecular complexity index is 1000. The average Bonchev–Trinajstić information content (AvgIpc) is 3.54. The molecule has 164 valence electrons. The van der Waals surface area contributed by atoms with Crippen LogP contribution < -0.4 is 10.6 Å². The molecule has 2 aromatic rings. The summed E-state index contributed by atoms with van der Waals surface area (Å²) < 4.78 is 0. The fraction of sp³-hybridized carbons (Fsp3) is 0.391. The van der Waals surface area contributed by atoms with Crippen molar-refractivity contribution in [3.05, 3.63) is 63.2 Å². The number of nitrogens with zero attached hydrogens (tertiary/aromatic N) is 2. The van der Waals surface area contributed by atoms with Gasteiger partial charge in [0.15, 0.2) is 0 Å². The first kappa shape index (κ1) is 22.4. The molecule has 0 atom stereocenters. The summed E-state index contributed by atoms with van der Waals surface area (Å²) in [6, 6.07) is 10.9. The lowest BCUT2D eigenvalue weighted by atomic mass is 10.1. The summed E-state index contributed by atoms with van der Waals surface area (Å²) in [5.41, 5.74) is 3.72. The summed E-state index contributed by atoms with van der Waals surface area (Å²) in [4.78, 5) is 37.7. The lowest BCUT2D eigenvalue weighted by Crippen LogP contribution is -2.37. The van der Waals surface area contributed by atoms with Crippen molar-refractivity contribution in [3.8, 4) is 0 Å². The van der Waals surface area contributed by atoms with Gasteiger partial charge in [0.2, 0.25) is 11.8 Å². The molecule has 1 aliphatic rings. The summed E-state index contributed by atoms with van der Waals surface area (Å²) >= 11 is 0. The van der Waals surface area contributed by atoms with E-state index >= 15 is 0 Å². The highest BCUT2D eigenvalue weighted by molar-refractivity contribution is 5.94. The van der Waals surface area contributed by atoms with Crippen LogP contribution in [0.4, 0.5) is 17.1 Å². The topological polar surface area (TPSA) is 105 Å². The Hall–Kier alpha value is -3.26. The van der Waals surface area contributed by atoms with Crippen molar-refractivity contribution in [1.82, 2.24) is 4.90 Å². The van der Waals surface area contributed by atoms with E-state index in [-0.39, 0.29) is 30.5 Å². The van der Waals surface area contributed by atoms with Crippen LogP contribution in [0.5, 0.6) is 0 Å². The molecule has 1 aliphatic carbocycles. The molecule has 0 radical (unpaired) electrons. The Balaban J connectivity index is 1.55. The summed E-state index contributed by atoms with van der Waals surface area (Å²) in [6.45, 7) is 6.22. The van der Waals surface area contributed by atoms with Crippen LogP contribution in [0.3, 0.4) is 0 Å². The quantitative estimate of drug-likeness (QED) is 0.468. The number of amides is 2.